The van der Waals surface area contributed by atoms with E-state index in [1.54, 1.807) is 0 Å². The Morgan fingerprint density at radius 3 is 2.73 bits per heavy atom. The molecular weight excluding hydrogens is 155 g/mol. The van der Waals surface area contributed by atoms with Crippen LogP contribution in [0.4, 0.5) is 4.39 Å². The SMILES string of the molecule is CO[C@H]1OC[C@@H](O)[C@H](F)[C@H]1O. The third kappa shape index (κ3) is 1.67. The second-order valence-electron chi connectivity index (χ2n) is 2.44. The number of hydrogen-bond donors (Lipinski definition) is 2. The molecule has 4 atom stereocenters. The van der Waals surface area contributed by atoms with Gasteiger partial charge in [-0.3, -0.25) is 0 Å². The number of halogens is 1. The van der Waals surface area contributed by atoms with Crippen molar-refractivity contribution in [2.75, 3.05) is 13.7 Å². The summed E-state index contributed by atoms with van der Waals surface area (Å²) in [5.74, 6) is 0. The molecule has 0 bridgehead atoms. The number of alkyl halides is 1. The lowest BCUT2D eigenvalue weighted by molar-refractivity contribution is -0.249. The van der Waals surface area contributed by atoms with Crippen molar-refractivity contribution >= 4 is 0 Å². The number of ether oxygens (including phenoxy) is 2. The van der Waals surface area contributed by atoms with Gasteiger partial charge >= 0.3 is 0 Å². The van der Waals surface area contributed by atoms with E-state index in [1.807, 2.05) is 0 Å². The van der Waals surface area contributed by atoms with Crippen LogP contribution in [0.15, 0.2) is 0 Å². The summed E-state index contributed by atoms with van der Waals surface area (Å²) in [4.78, 5) is 0. The molecule has 1 saturated heterocycles. The van der Waals surface area contributed by atoms with E-state index >= 15 is 0 Å². The van der Waals surface area contributed by atoms with Gasteiger partial charge in [-0.15, -0.1) is 0 Å². The fraction of sp³-hybridized carbons (Fsp3) is 1.00. The molecule has 0 amide bonds. The van der Waals surface area contributed by atoms with Crippen LogP contribution in [-0.2, 0) is 9.47 Å². The van der Waals surface area contributed by atoms with Crippen LogP contribution < -0.4 is 0 Å². The maximum Gasteiger partial charge on any atom is 0.186 e. The third-order valence-electron chi connectivity index (χ3n) is 1.64. The van der Waals surface area contributed by atoms with E-state index in [4.69, 9.17) is 14.9 Å². The van der Waals surface area contributed by atoms with E-state index in [1.165, 1.54) is 7.11 Å². The fourth-order valence-electron chi connectivity index (χ4n) is 0.969. The van der Waals surface area contributed by atoms with Crippen LogP contribution in [0.25, 0.3) is 0 Å². The summed E-state index contributed by atoms with van der Waals surface area (Å²) in [5.41, 5.74) is 0. The maximum atomic E-state index is 12.7. The highest BCUT2D eigenvalue weighted by Gasteiger charge is 2.38. The van der Waals surface area contributed by atoms with Gasteiger partial charge < -0.3 is 19.7 Å². The molecule has 11 heavy (non-hydrogen) atoms. The van der Waals surface area contributed by atoms with Gasteiger partial charge in [0.25, 0.3) is 0 Å². The molecule has 0 spiro atoms. The van der Waals surface area contributed by atoms with Gasteiger partial charge in [0.05, 0.1) is 6.61 Å². The molecule has 0 aromatic carbocycles. The standard InChI is InChI=1S/C6H11FO4/c1-10-6-5(9)4(7)3(8)2-11-6/h3-6,8-9H,2H2,1H3/t3-,4+,5-,6+/m1/s1. The minimum atomic E-state index is -1.69. The Kier molecular flexibility index (Phi) is 2.78. The third-order valence-corrected chi connectivity index (χ3v) is 1.64. The first-order valence-electron chi connectivity index (χ1n) is 3.31. The summed E-state index contributed by atoms with van der Waals surface area (Å²) in [6, 6.07) is 0. The minimum Gasteiger partial charge on any atom is -0.388 e. The Balaban J connectivity index is 2.52. The molecule has 66 valence electrons. The van der Waals surface area contributed by atoms with E-state index in [9.17, 15) is 4.39 Å². The highest BCUT2D eigenvalue weighted by Crippen LogP contribution is 2.18. The van der Waals surface area contributed by atoms with Crippen molar-refractivity contribution in [1.82, 2.24) is 0 Å². The van der Waals surface area contributed by atoms with Crippen molar-refractivity contribution < 1.29 is 24.1 Å². The van der Waals surface area contributed by atoms with Crippen molar-refractivity contribution in [2.45, 2.75) is 24.7 Å². The van der Waals surface area contributed by atoms with Gasteiger partial charge in [0.1, 0.15) is 12.2 Å². The summed E-state index contributed by atoms with van der Waals surface area (Å²) < 4.78 is 22.1. The zero-order valence-corrected chi connectivity index (χ0v) is 6.11. The van der Waals surface area contributed by atoms with E-state index < -0.39 is 24.7 Å². The van der Waals surface area contributed by atoms with Crippen molar-refractivity contribution in [3.05, 3.63) is 0 Å². The predicted molar refractivity (Wildman–Crippen MR) is 33.7 cm³/mol. The van der Waals surface area contributed by atoms with Crippen molar-refractivity contribution in [1.29, 1.82) is 0 Å². The molecule has 0 radical (unpaired) electrons. The van der Waals surface area contributed by atoms with Crippen LogP contribution in [0.3, 0.4) is 0 Å². The Hall–Kier alpha value is -0.230. The van der Waals surface area contributed by atoms with Crippen molar-refractivity contribution in [3.8, 4) is 0 Å². The summed E-state index contributed by atoms with van der Waals surface area (Å²) in [7, 11) is 1.30. The monoisotopic (exact) mass is 166 g/mol. The molecule has 0 saturated carbocycles. The maximum absolute atomic E-state index is 12.7. The average molecular weight is 166 g/mol. The normalized spacial score (nSPS) is 45.8. The van der Waals surface area contributed by atoms with Gasteiger partial charge in [0, 0.05) is 7.11 Å². The minimum absolute atomic E-state index is 0.142. The zero-order chi connectivity index (χ0) is 8.43. The number of aliphatic hydroxyl groups excluding tert-OH is 2. The molecule has 2 N–H and O–H groups in total. The number of aliphatic hydroxyl groups is 2. The Morgan fingerprint density at radius 2 is 2.18 bits per heavy atom. The summed E-state index contributed by atoms with van der Waals surface area (Å²) in [6.45, 7) is -0.142. The Morgan fingerprint density at radius 1 is 1.55 bits per heavy atom. The lowest BCUT2D eigenvalue weighted by atomic mass is 10.1. The van der Waals surface area contributed by atoms with Gasteiger partial charge in [-0.25, -0.2) is 4.39 Å². The quantitative estimate of drug-likeness (QED) is 0.527. The smallest absolute Gasteiger partial charge is 0.186 e. The molecule has 4 nitrogen and oxygen atoms in total. The molecule has 0 aromatic heterocycles. The first kappa shape index (κ1) is 8.86. The van der Waals surface area contributed by atoms with Crippen LogP contribution in [-0.4, -0.2) is 48.6 Å². The van der Waals surface area contributed by atoms with Crippen molar-refractivity contribution in [2.24, 2.45) is 0 Å². The second kappa shape index (κ2) is 3.44. The largest absolute Gasteiger partial charge is 0.388 e. The fourth-order valence-corrected chi connectivity index (χ4v) is 0.969. The second-order valence-corrected chi connectivity index (χ2v) is 2.44. The summed E-state index contributed by atoms with van der Waals surface area (Å²) in [5, 5.41) is 17.9. The first-order chi connectivity index (χ1) is 5.16. The molecule has 0 aliphatic carbocycles. The predicted octanol–water partition coefficient (Wildman–Crippen LogP) is -0.951. The molecule has 0 aromatic rings. The lowest BCUT2D eigenvalue weighted by Gasteiger charge is -2.32. The van der Waals surface area contributed by atoms with Crippen LogP contribution in [0, 0.1) is 0 Å². The van der Waals surface area contributed by atoms with Gasteiger partial charge in [0.2, 0.25) is 0 Å². The molecule has 1 heterocycles. The van der Waals surface area contributed by atoms with E-state index in [0.29, 0.717) is 0 Å². The molecule has 1 aliphatic rings. The summed E-state index contributed by atoms with van der Waals surface area (Å²) >= 11 is 0. The average Bonchev–Trinajstić information content (AvgIpc) is 2.01. The van der Waals surface area contributed by atoms with Gasteiger partial charge in [0.15, 0.2) is 12.5 Å². The van der Waals surface area contributed by atoms with Crippen LogP contribution in [0.1, 0.15) is 0 Å². The molecule has 0 unspecified atom stereocenters. The van der Waals surface area contributed by atoms with Crippen LogP contribution in [0.5, 0.6) is 0 Å². The molecule has 1 fully saturated rings. The highest BCUT2D eigenvalue weighted by atomic mass is 19.1. The first-order valence-corrected chi connectivity index (χ1v) is 3.31. The van der Waals surface area contributed by atoms with Gasteiger partial charge in [-0.2, -0.15) is 0 Å². The van der Waals surface area contributed by atoms with E-state index in [-0.39, 0.29) is 6.61 Å². The van der Waals surface area contributed by atoms with E-state index in [0.717, 1.165) is 0 Å². The molecular formula is C6H11FO4. The lowest BCUT2D eigenvalue weighted by Crippen LogP contribution is -2.51. The van der Waals surface area contributed by atoms with Crippen LogP contribution >= 0.6 is 0 Å². The van der Waals surface area contributed by atoms with Crippen LogP contribution in [0.2, 0.25) is 0 Å². The number of rotatable bonds is 1. The highest BCUT2D eigenvalue weighted by molar-refractivity contribution is 4.82. The van der Waals surface area contributed by atoms with Gasteiger partial charge in [-0.05, 0) is 0 Å². The molecule has 1 aliphatic heterocycles. The van der Waals surface area contributed by atoms with Gasteiger partial charge in [-0.1, -0.05) is 0 Å². The van der Waals surface area contributed by atoms with E-state index in [2.05, 4.69) is 4.74 Å². The topological polar surface area (TPSA) is 58.9 Å². The van der Waals surface area contributed by atoms with Crippen molar-refractivity contribution in [3.63, 3.8) is 0 Å². The zero-order valence-electron chi connectivity index (χ0n) is 6.11. The molecule has 5 heteroatoms. The Bertz CT molecular complexity index is 130. The molecule has 1 rings (SSSR count). The number of methoxy groups -OCH3 is 1. The Labute approximate surface area is 63.5 Å². The summed E-state index contributed by atoms with van der Waals surface area (Å²) in [6.07, 6.45) is -5.30. The number of hydrogen-bond acceptors (Lipinski definition) is 4.